The van der Waals surface area contributed by atoms with Gasteiger partial charge in [-0.15, -0.1) is 0 Å². The van der Waals surface area contributed by atoms with Gasteiger partial charge < -0.3 is 4.42 Å². The summed E-state index contributed by atoms with van der Waals surface area (Å²) in [5.41, 5.74) is 0. The smallest absolute Gasteiger partial charge is 0.136 e. The molecule has 3 rings (SSSR count). The lowest BCUT2D eigenvalue weighted by atomic mass is 9.84. The van der Waals surface area contributed by atoms with Crippen molar-refractivity contribution in [1.82, 2.24) is 4.90 Å². The van der Waals surface area contributed by atoms with Gasteiger partial charge in [-0.1, -0.05) is 6.42 Å². The third kappa shape index (κ3) is 1.80. The summed E-state index contributed by atoms with van der Waals surface area (Å²) < 4.78 is 5.40. The van der Waals surface area contributed by atoms with Crippen molar-refractivity contribution in [2.24, 2.45) is 0 Å². The Morgan fingerprint density at radius 1 is 1.31 bits per heavy atom. The Morgan fingerprint density at radius 3 is 2.69 bits per heavy atom. The van der Waals surface area contributed by atoms with Crippen LogP contribution in [0.2, 0.25) is 0 Å². The van der Waals surface area contributed by atoms with E-state index >= 15 is 0 Å². The van der Waals surface area contributed by atoms with E-state index < -0.39 is 0 Å². The van der Waals surface area contributed by atoms with E-state index in [1.165, 1.54) is 19.3 Å². The lowest BCUT2D eigenvalue weighted by Gasteiger charge is -2.45. The molecule has 0 radical (unpaired) electrons. The molecule has 16 heavy (non-hydrogen) atoms. The Morgan fingerprint density at radius 2 is 2.06 bits per heavy atom. The Kier molecular flexibility index (Phi) is 2.56. The number of carbonyl (C=O) groups excluding carboxylic acids is 1. The molecule has 0 amide bonds. The summed E-state index contributed by atoms with van der Waals surface area (Å²) in [4.78, 5) is 14.1. The maximum absolute atomic E-state index is 11.6. The van der Waals surface area contributed by atoms with E-state index in [2.05, 4.69) is 4.90 Å². The Bertz CT molecular complexity index is 355. The molecule has 3 heterocycles. The minimum absolute atomic E-state index is 0.449. The normalized spacial score (nSPS) is 30.6. The first-order valence-electron chi connectivity index (χ1n) is 6.13. The van der Waals surface area contributed by atoms with Crippen molar-refractivity contribution in [2.75, 3.05) is 0 Å². The van der Waals surface area contributed by atoms with Gasteiger partial charge in [0.2, 0.25) is 0 Å². The molecule has 2 aliphatic heterocycles. The molecule has 2 saturated heterocycles. The highest BCUT2D eigenvalue weighted by Crippen LogP contribution is 2.33. The molecule has 0 spiro atoms. The molecule has 0 aliphatic carbocycles. The molecule has 3 nitrogen and oxygen atoms in total. The predicted octanol–water partition coefficient (Wildman–Crippen LogP) is 2.37. The molecule has 2 fully saturated rings. The second kappa shape index (κ2) is 4.06. The summed E-state index contributed by atoms with van der Waals surface area (Å²) in [6, 6.07) is 4.88. The lowest BCUT2D eigenvalue weighted by Crippen LogP contribution is -2.51. The zero-order valence-electron chi connectivity index (χ0n) is 9.39. The number of Topliss-reactive ketones (excluding diaryl/α,β-unsaturated/α-hetero) is 1. The van der Waals surface area contributed by atoms with Crippen LogP contribution in [0.5, 0.6) is 0 Å². The highest BCUT2D eigenvalue weighted by atomic mass is 16.3. The molecule has 1 aromatic heterocycles. The first-order valence-corrected chi connectivity index (χ1v) is 6.13. The molecule has 2 aliphatic rings. The first kappa shape index (κ1) is 10.1. The Balaban J connectivity index is 1.76. The maximum Gasteiger partial charge on any atom is 0.136 e. The van der Waals surface area contributed by atoms with Crippen LogP contribution in [0.1, 0.15) is 37.9 Å². The quantitative estimate of drug-likeness (QED) is 0.765. The van der Waals surface area contributed by atoms with Gasteiger partial charge in [-0.25, -0.2) is 0 Å². The van der Waals surface area contributed by atoms with Crippen molar-refractivity contribution in [3.63, 3.8) is 0 Å². The highest BCUT2D eigenvalue weighted by molar-refractivity contribution is 5.80. The van der Waals surface area contributed by atoms with Crippen molar-refractivity contribution in [3.8, 4) is 0 Å². The van der Waals surface area contributed by atoms with E-state index in [1.807, 2.05) is 12.1 Å². The summed E-state index contributed by atoms with van der Waals surface area (Å²) in [5, 5.41) is 0. The fourth-order valence-electron chi connectivity index (χ4n) is 3.11. The molecular formula is C13H17NO2. The third-order valence-electron chi connectivity index (χ3n) is 3.86. The van der Waals surface area contributed by atoms with E-state index in [1.54, 1.807) is 6.26 Å². The van der Waals surface area contributed by atoms with Crippen LogP contribution in [0.25, 0.3) is 0 Å². The topological polar surface area (TPSA) is 33.5 Å². The Labute approximate surface area is 95.4 Å². The fourth-order valence-corrected chi connectivity index (χ4v) is 3.11. The molecular weight excluding hydrogens is 202 g/mol. The number of piperidine rings is 2. The molecule has 2 unspecified atom stereocenters. The Hall–Kier alpha value is -1.09. The van der Waals surface area contributed by atoms with Crippen molar-refractivity contribution < 1.29 is 9.21 Å². The van der Waals surface area contributed by atoms with Gasteiger partial charge in [0.25, 0.3) is 0 Å². The van der Waals surface area contributed by atoms with Gasteiger partial charge in [0, 0.05) is 24.9 Å². The van der Waals surface area contributed by atoms with Crippen LogP contribution >= 0.6 is 0 Å². The molecule has 2 atom stereocenters. The highest BCUT2D eigenvalue weighted by Gasteiger charge is 2.37. The molecule has 86 valence electrons. The van der Waals surface area contributed by atoms with E-state index in [9.17, 15) is 4.79 Å². The van der Waals surface area contributed by atoms with Crippen molar-refractivity contribution in [3.05, 3.63) is 24.2 Å². The number of carbonyl (C=O) groups is 1. The first-order chi connectivity index (χ1) is 7.83. The lowest BCUT2D eigenvalue weighted by molar-refractivity contribution is -0.127. The number of fused-ring (bicyclic) bond motifs is 2. The largest absolute Gasteiger partial charge is 0.468 e. The van der Waals surface area contributed by atoms with Gasteiger partial charge in [0.1, 0.15) is 11.5 Å². The van der Waals surface area contributed by atoms with E-state index in [4.69, 9.17) is 4.42 Å². The second-order valence-electron chi connectivity index (χ2n) is 4.94. The van der Waals surface area contributed by atoms with Crippen LogP contribution < -0.4 is 0 Å². The van der Waals surface area contributed by atoms with Gasteiger partial charge in [-0.2, -0.15) is 0 Å². The van der Waals surface area contributed by atoms with Crippen molar-refractivity contribution in [1.29, 1.82) is 0 Å². The number of rotatable bonds is 2. The van der Waals surface area contributed by atoms with Gasteiger partial charge >= 0.3 is 0 Å². The fraction of sp³-hybridized carbons (Fsp3) is 0.615. The van der Waals surface area contributed by atoms with Gasteiger partial charge in [-0.3, -0.25) is 9.69 Å². The van der Waals surface area contributed by atoms with Crippen LogP contribution in [0, 0.1) is 0 Å². The third-order valence-corrected chi connectivity index (χ3v) is 3.86. The molecule has 0 saturated carbocycles. The van der Waals surface area contributed by atoms with Crippen LogP contribution in [0.15, 0.2) is 22.8 Å². The summed E-state index contributed by atoms with van der Waals surface area (Å²) in [5.74, 6) is 1.47. The molecule has 0 aromatic carbocycles. The van der Waals surface area contributed by atoms with Crippen LogP contribution in [0.3, 0.4) is 0 Å². The molecule has 3 heteroatoms. The summed E-state index contributed by atoms with van der Waals surface area (Å²) in [6.07, 6.45) is 6.83. The molecule has 0 N–H and O–H groups in total. The second-order valence-corrected chi connectivity index (χ2v) is 4.94. The van der Waals surface area contributed by atoms with Crippen LogP contribution in [-0.2, 0) is 11.3 Å². The average molecular weight is 219 g/mol. The number of ketones is 1. The van der Waals surface area contributed by atoms with Gasteiger partial charge in [0.05, 0.1) is 12.8 Å². The van der Waals surface area contributed by atoms with Crippen molar-refractivity contribution in [2.45, 2.75) is 50.7 Å². The average Bonchev–Trinajstić information content (AvgIpc) is 2.72. The van der Waals surface area contributed by atoms with Crippen molar-refractivity contribution >= 4 is 5.78 Å². The van der Waals surface area contributed by atoms with Crippen LogP contribution in [0.4, 0.5) is 0 Å². The molecule has 1 aromatic rings. The maximum atomic E-state index is 11.6. The minimum atomic E-state index is 0.449. The standard InChI is InChI=1S/C13H17NO2/c15-12-7-10-3-1-4-11(8-12)14(10)9-13-5-2-6-16-13/h2,5-6,10-11H,1,3-4,7-9H2. The number of furan rings is 1. The SMILES string of the molecule is O=C1CC2CCCC(C1)N2Cc1ccco1. The van der Waals surface area contributed by atoms with Gasteiger partial charge in [0.15, 0.2) is 0 Å². The zero-order valence-corrected chi connectivity index (χ0v) is 9.39. The minimum Gasteiger partial charge on any atom is -0.468 e. The summed E-state index contributed by atoms with van der Waals surface area (Å²) >= 11 is 0. The van der Waals surface area contributed by atoms with E-state index in [0.29, 0.717) is 17.9 Å². The number of hydrogen-bond donors (Lipinski definition) is 0. The van der Waals surface area contributed by atoms with E-state index in [0.717, 1.165) is 25.1 Å². The number of nitrogens with zero attached hydrogens (tertiary/aromatic N) is 1. The summed E-state index contributed by atoms with van der Waals surface area (Å²) in [7, 11) is 0. The number of hydrogen-bond acceptors (Lipinski definition) is 3. The monoisotopic (exact) mass is 219 g/mol. The van der Waals surface area contributed by atoms with E-state index in [-0.39, 0.29) is 0 Å². The predicted molar refractivity (Wildman–Crippen MR) is 59.9 cm³/mol. The zero-order chi connectivity index (χ0) is 11.0. The van der Waals surface area contributed by atoms with Crippen LogP contribution in [-0.4, -0.2) is 22.8 Å². The van der Waals surface area contributed by atoms with Gasteiger partial charge in [-0.05, 0) is 25.0 Å². The molecule has 2 bridgehead atoms. The summed E-state index contributed by atoms with van der Waals surface area (Å²) in [6.45, 7) is 0.871.